The molecule has 6 nitrogen and oxygen atoms in total. The largest absolute Gasteiger partial charge is 0.497 e. The Balaban J connectivity index is 1.52. The summed E-state index contributed by atoms with van der Waals surface area (Å²) < 4.78 is 5.18. The minimum Gasteiger partial charge on any atom is -0.497 e. The van der Waals surface area contributed by atoms with Crippen molar-refractivity contribution in [1.29, 1.82) is 0 Å². The fourth-order valence-corrected chi connectivity index (χ4v) is 3.42. The summed E-state index contributed by atoms with van der Waals surface area (Å²) in [6, 6.07) is 7.69. The minimum atomic E-state index is -0.0266. The fraction of sp³-hybridized carbons (Fsp3) is 0.450. The summed E-state index contributed by atoms with van der Waals surface area (Å²) in [4.78, 5) is 12.0. The molecule has 0 atom stereocenters. The van der Waals surface area contributed by atoms with Crippen molar-refractivity contribution in [1.82, 2.24) is 15.6 Å². The van der Waals surface area contributed by atoms with Gasteiger partial charge in [-0.3, -0.25) is 9.89 Å². The summed E-state index contributed by atoms with van der Waals surface area (Å²) >= 11 is 0. The smallest absolute Gasteiger partial charge is 0.240 e. The summed E-state index contributed by atoms with van der Waals surface area (Å²) in [5.74, 6) is 1.48. The molecule has 2 aromatic rings. The Hall–Kier alpha value is -2.63. The van der Waals surface area contributed by atoms with E-state index in [1.807, 2.05) is 24.3 Å². The van der Waals surface area contributed by atoms with Gasteiger partial charge in [0.25, 0.3) is 0 Å². The van der Waals surface area contributed by atoms with Gasteiger partial charge in [0.1, 0.15) is 5.75 Å². The number of carbonyl (C=O) groups excluding carboxylic acids is 1. The molecule has 1 aromatic carbocycles. The molecule has 0 unspecified atom stereocenters. The molecule has 0 spiro atoms. The quantitative estimate of drug-likeness (QED) is 0.585. The van der Waals surface area contributed by atoms with Crippen LogP contribution < -0.4 is 10.2 Å². The van der Waals surface area contributed by atoms with Crippen LogP contribution in [0.25, 0.3) is 11.3 Å². The van der Waals surface area contributed by atoms with Crippen molar-refractivity contribution in [3.8, 4) is 17.0 Å². The molecule has 1 amide bonds. The first kappa shape index (κ1) is 18.2. The average Bonchev–Trinajstić information content (AvgIpc) is 3.16. The van der Waals surface area contributed by atoms with Crippen LogP contribution in [0.1, 0.15) is 50.5 Å². The van der Waals surface area contributed by atoms with Crippen LogP contribution in [0.5, 0.6) is 5.75 Å². The first-order valence-electron chi connectivity index (χ1n) is 9.26. The third-order valence-electron chi connectivity index (χ3n) is 4.94. The van der Waals surface area contributed by atoms with Crippen LogP contribution in [-0.2, 0) is 4.79 Å². The lowest BCUT2D eigenvalue weighted by Crippen LogP contribution is -2.19. The predicted octanol–water partition coefficient (Wildman–Crippen LogP) is 3.90. The summed E-state index contributed by atoms with van der Waals surface area (Å²) in [6.45, 7) is 0. The summed E-state index contributed by atoms with van der Waals surface area (Å²) in [5.41, 5.74) is 5.28. The Bertz CT molecular complexity index is 731. The van der Waals surface area contributed by atoms with Gasteiger partial charge in [0.2, 0.25) is 5.91 Å². The van der Waals surface area contributed by atoms with Gasteiger partial charge in [-0.15, -0.1) is 0 Å². The molecule has 0 radical (unpaired) electrons. The Kier molecular flexibility index (Phi) is 6.41. The SMILES string of the molecule is COc1ccc(-c2[nH]ncc2C=NNC(=O)CCC2CCCCC2)cc1. The molecule has 26 heavy (non-hydrogen) atoms. The molecule has 1 heterocycles. The lowest BCUT2D eigenvalue weighted by molar-refractivity contribution is -0.121. The number of hydrogen-bond donors (Lipinski definition) is 2. The highest BCUT2D eigenvalue weighted by Crippen LogP contribution is 2.27. The molecule has 3 rings (SSSR count). The van der Waals surface area contributed by atoms with Crippen LogP contribution in [-0.4, -0.2) is 29.4 Å². The molecule has 1 fully saturated rings. The number of aromatic amines is 1. The van der Waals surface area contributed by atoms with Crippen LogP contribution >= 0.6 is 0 Å². The number of carbonyl (C=O) groups is 1. The third-order valence-corrected chi connectivity index (χ3v) is 4.94. The van der Waals surface area contributed by atoms with Crippen LogP contribution in [0.2, 0.25) is 0 Å². The summed E-state index contributed by atoms with van der Waals surface area (Å²) in [5, 5.41) is 11.1. The zero-order chi connectivity index (χ0) is 18.2. The molecule has 0 aliphatic heterocycles. The number of H-pyrrole nitrogens is 1. The van der Waals surface area contributed by atoms with E-state index in [0.29, 0.717) is 12.3 Å². The molecule has 1 aromatic heterocycles. The molecule has 0 saturated heterocycles. The van der Waals surface area contributed by atoms with Crippen molar-refractivity contribution in [3.05, 3.63) is 36.0 Å². The van der Waals surface area contributed by atoms with E-state index >= 15 is 0 Å². The maximum absolute atomic E-state index is 12.0. The number of amides is 1. The number of aromatic nitrogens is 2. The van der Waals surface area contributed by atoms with E-state index in [0.717, 1.165) is 29.0 Å². The first-order valence-corrected chi connectivity index (χ1v) is 9.26. The molecule has 0 bridgehead atoms. The van der Waals surface area contributed by atoms with Gasteiger partial charge in [-0.05, 0) is 36.6 Å². The standard InChI is InChI=1S/C20H26N4O2/c1-26-18-10-8-16(9-11-18)20-17(14-22-24-20)13-21-23-19(25)12-7-15-5-3-2-4-6-15/h8-11,13-15H,2-7,12H2,1H3,(H,22,24)(H,23,25). The molecular weight excluding hydrogens is 328 g/mol. The maximum atomic E-state index is 12.0. The Morgan fingerprint density at radius 2 is 2.08 bits per heavy atom. The van der Waals surface area contributed by atoms with Gasteiger partial charge in [-0.25, -0.2) is 5.43 Å². The molecule has 1 aliphatic rings. The maximum Gasteiger partial charge on any atom is 0.240 e. The van der Waals surface area contributed by atoms with Gasteiger partial charge in [-0.1, -0.05) is 32.1 Å². The highest BCUT2D eigenvalue weighted by Gasteiger charge is 2.14. The summed E-state index contributed by atoms with van der Waals surface area (Å²) in [7, 11) is 1.64. The van der Waals surface area contributed by atoms with Gasteiger partial charge < -0.3 is 4.74 Å². The number of hydrazone groups is 1. The van der Waals surface area contributed by atoms with E-state index in [1.165, 1.54) is 32.1 Å². The average molecular weight is 354 g/mol. The monoisotopic (exact) mass is 354 g/mol. The Morgan fingerprint density at radius 3 is 2.81 bits per heavy atom. The van der Waals surface area contributed by atoms with Crippen molar-refractivity contribution in [2.45, 2.75) is 44.9 Å². The van der Waals surface area contributed by atoms with E-state index in [9.17, 15) is 4.79 Å². The van der Waals surface area contributed by atoms with Gasteiger partial charge in [-0.2, -0.15) is 10.2 Å². The van der Waals surface area contributed by atoms with Crippen LogP contribution in [0.4, 0.5) is 0 Å². The normalized spacial score (nSPS) is 15.3. The third kappa shape index (κ3) is 4.94. The zero-order valence-electron chi connectivity index (χ0n) is 15.2. The molecule has 1 aliphatic carbocycles. The first-order chi connectivity index (χ1) is 12.8. The van der Waals surface area contributed by atoms with Gasteiger partial charge in [0, 0.05) is 17.5 Å². The zero-order valence-corrected chi connectivity index (χ0v) is 15.2. The molecule has 1 saturated carbocycles. The second-order valence-electron chi connectivity index (χ2n) is 6.76. The molecule has 138 valence electrons. The highest BCUT2D eigenvalue weighted by atomic mass is 16.5. The fourth-order valence-electron chi connectivity index (χ4n) is 3.42. The number of hydrogen-bond acceptors (Lipinski definition) is 4. The van der Waals surface area contributed by atoms with Crippen molar-refractivity contribution < 1.29 is 9.53 Å². The number of nitrogens with zero attached hydrogens (tertiary/aromatic N) is 2. The number of nitrogens with one attached hydrogen (secondary N) is 2. The topological polar surface area (TPSA) is 79.4 Å². The van der Waals surface area contributed by atoms with Crippen molar-refractivity contribution in [2.24, 2.45) is 11.0 Å². The van der Waals surface area contributed by atoms with Gasteiger partial charge >= 0.3 is 0 Å². The highest BCUT2D eigenvalue weighted by molar-refractivity contribution is 5.89. The number of methoxy groups -OCH3 is 1. The van der Waals surface area contributed by atoms with Crippen LogP contribution in [0.15, 0.2) is 35.6 Å². The van der Waals surface area contributed by atoms with E-state index < -0.39 is 0 Å². The van der Waals surface area contributed by atoms with E-state index in [4.69, 9.17) is 4.74 Å². The predicted molar refractivity (Wildman–Crippen MR) is 102 cm³/mol. The van der Waals surface area contributed by atoms with E-state index in [-0.39, 0.29) is 5.91 Å². The van der Waals surface area contributed by atoms with Gasteiger partial charge in [0.15, 0.2) is 0 Å². The Morgan fingerprint density at radius 1 is 1.31 bits per heavy atom. The lowest BCUT2D eigenvalue weighted by atomic mass is 9.86. The number of rotatable bonds is 7. The van der Waals surface area contributed by atoms with Crippen molar-refractivity contribution in [2.75, 3.05) is 7.11 Å². The lowest BCUT2D eigenvalue weighted by Gasteiger charge is -2.20. The van der Waals surface area contributed by atoms with Crippen molar-refractivity contribution in [3.63, 3.8) is 0 Å². The molecule has 6 heteroatoms. The van der Waals surface area contributed by atoms with E-state index in [2.05, 4.69) is 20.7 Å². The second-order valence-corrected chi connectivity index (χ2v) is 6.76. The van der Waals surface area contributed by atoms with Crippen LogP contribution in [0.3, 0.4) is 0 Å². The second kappa shape index (κ2) is 9.17. The van der Waals surface area contributed by atoms with Crippen LogP contribution in [0, 0.1) is 5.92 Å². The molecule has 2 N–H and O–H groups in total. The summed E-state index contributed by atoms with van der Waals surface area (Å²) in [6.07, 6.45) is 11.3. The number of ether oxygens (including phenoxy) is 1. The minimum absolute atomic E-state index is 0.0266. The van der Waals surface area contributed by atoms with E-state index in [1.54, 1.807) is 19.5 Å². The van der Waals surface area contributed by atoms with Crippen molar-refractivity contribution >= 4 is 12.1 Å². The van der Waals surface area contributed by atoms with Gasteiger partial charge in [0.05, 0.1) is 25.2 Å². The molecular formula is C20H26N4O2. The Labute approximate surface area is 154 Å². The number of benzene rings is 1.